The van der Waals surface area contributed by atoms with E-state index in [9.17, 15) is 19.2 Å². The van der Waals surface area contributed by atoms with Gasteiger partial charge in [-0.05, 0) is 55.0 Å². The Balaban J connectivity index is 1.53. The molecule has 0 unspecified atom stereocenters. The molecule has 1 fully saturated rings. The van der Waals surface area contributed by atoms with Crippen LogP contribution in [0.3, 0.4) is 0 Å². The summed E-state index contributed by atoms with van der Waals surface area (Å²) >= 11 is 1.33. The lowest BCUT2D eigenvalue weighted by atomic mass is 10.0. The number of ether oxygens (including phenoxy) is 1. The number of nitrogens with two attached hydrogens (primary N) is 1. The van der Waals surface area contributed by atoms with Gasteiger partial charge in [-0.25, -0.2) is 4.79 Å². The van der Waals surface area contributed by atoms with Crippen molar-refractivity contribution in [2.75, 3.05) is 18.5 Å². The minimum Gasteiger partial charge on any atom is -0.452 e. The van der Waals surface area contributed by atoms with Crippen molar-refractivity contribution < 1.29 is 23.9 Å². The van der Waals surface area contributed by atoms with Gasteiger partial charge in [-0.1, -0.05) is 6.07 Å². The van der Waals surface area contributed by atoms with Gasteiger partial charge in [0.15, 0.2) is 6.61 Å². The number of hydrogen-bond acceptors (Lipinski definition) is 6. The third-order valence-corrected chi connectivity index (χ3v) is 5.47. The molecule has 2 heterocycles. The molecule has 8 nitrogen and oxygen atoms in total. The molecule has 0 saturated carbocycles. The predicted octanol–water partition coefficient (Wildman–Crippen LogP) is 2.02. The van der Waals surface area contributed by atoms with Crippen molar-refractivity contribution in [3.8, 4) is 0 Å². The fourth-order valence-electron chi connectivity index (χ4n) is 3.11. The van der Waals surface area contributed by atoms with Crippen molar-refractivity contribution in [1.82, 2.24) is 4.90 Å². The van der Waals surface area contributed by atoms with Crippen LogP contribution in [0.15, 0.2) is 41.8 Å². The summed E-state index contributed by atoms with van der Waals surface area (Å²) in [5.41, 5.74) is 6.14. The van der Waals surface area contributed by atoms with E-state index in [2.05, 4.69) is 5.32 Å². The number of thiophene rings is 1. The van der Waals surface area contributed by atoms with Gasteiger partial charge in [0.05, 0.1) is 10.4 Å². The molecule has 3 rings (SSSR count). The van der Waals surface area contributed by atoms with E-state index < -0.39 is 30.4 Å². The first-order valence-electron chi connectivity index (χ1n) is 9.16. The van der Waals surface area contributed by atoms with E-state index >= 15 is 0 Å². The van der Waals surface area contributed by atoms with Gasteiger partial charge in [0.25, 0.3) is 11.8 Å². The SMILES string of the molecule is NC(=O)[C@@H]1CCCCN1C(=O)COC(=O)c1ccc(NC(=O)c2cccs2)cc1. The highest BCUT2D eigenvalue weighted by atomic mass is 32.1. The number of hydrogen-bond donors (Lipinski definition) is 2. The highest BCUT2D eigenvalue weighted by molar-refractivity contribution is 7.12. The Labute approximate surface area is 171 Å². The van der Waals surface area contributed by atoms with Crippen molar-refractivity contribution >= 4 is 40.7 Å². The number of likely N-dealkylation sites (tertiary alicyclic amines) is 1. The molecule has 1 aliphatic rings. The number of carbonyl (C=O) groups is 4. The molecule has 0 bridgehead atoms. The molecule has 0 spiro atoms. The number of piperidine rings is 1. The second-order valence-electron chi connectivity index (χ2n) is 6.59. The Morgan fingerprint density at radius 2 is 1.90 bits per heavy atom. The number of nitrogens with one attached hydrogen (secondary N) is 1. The van der Waals surface area contributed by atoms with Crippen molar-refractivity contribution in [1.29, 1.82) is 0 Å². The van der Waals surface area contributed by atoms with Gasteiger partial charge in [0, 0.05) is 12.2 Å². The third kappa shape index (κ3) is 5.20. The van der Waals surface area contributed by atoms with Crippen LogP contribution < -0.4 is 11.1 Å². The summed E-state index contributed by atoms with van der Waals surface area (Å²) in [6, 6.07) is 9.02. The fourth-order valence-corrected chi connectivity index (χ4v) is 3.73. The van der Waals surface area contributed by atoms with Crippen LogP contribution in [-0.4, -0.2) is 47.8 Å². The molecule has 1 aliphatic heterocycles. The summed E-state index contributed by atoms with van der Waals surface area (Å²) in [6.07, 6.45) is 2.13. The average Bonchev–Trinajstić information content (AvgIpc) is 3.27. The lowest BCUT2D eigenvalue weighted by molar-refractivity contribution is -0.143. The predicted molar refractivity (Wildman–Crippen MR) is 108 cm³/mol. The highest BCUT2D eigenvalue weighted by Crippen LogP contribution is 2.18. The fraction of sp³-hybridized carbons (Fsp3) is 0.300. The maximum atomic E-state index is 12.3. The normalized spacial score (nSPS) is 16.1. The number of rotatable bonds is 6. The lowest BCUT2D eigenvalue weighted by Gasteiger charge is -2.33. The zero-order valence-electron chi connectivity index (χ0n) is 15.6. The summed E-state index contributed by atoms with van der Waals surface area (Å²) in [7, 11) is 0. The second-order valence-corrected chi connectivity index (χ2v) is 7.53. The molecule has 0 radical (unpaired) electrons. The zero-order valence-corrected chi connectivity index (χ0v) is 16.4. The number of benzene rings is 1. The molecule has 152 valence electrons. The van der Waals surface area contributed by atoms with Crippen LogP contribution in [-0.2, 0) is 14.3 Å². The van der Waals surface area contributed by atoms with E-state index in [4.69, 9.17) is 10.5 Å². The van der Waals surface area contributed by atoms with E-state index in [0.717, 1.165) is 12.8 Å². The number of anilines is 1. The molecular formula is C20H21N3O5S. The third-order valence-electron chi connectivity index (χ3n) is 4.60. The van der Waals surface area contributed by atoms with Crippen molar-refractivity contribution in [3.63, 3.8) is 0 Å². The first-order valence-corrected chi connectivity index (χ1v) is 10.0. The summed E-state index contributed by atoms with van der Waals surface area (Å²) in [5, 5.41) is 4.54. The second kappa shape index (κ2) is 9.33. The average molecular weight is 415 g/mol. The standard InChI is InChI=1S/C20H21N3O5S/c21-18(25)15-4-1-2-10-23(15)17(24)12-28-20(27)13-6-8-14(9-7-13)22-19(26)16-5-3-11-29-16/h3,5-9,11,15H,1-2,4,10,12H2,(H2,21,25)(H,22,26)/t15-/m0/s1. The van der Waals surface area contributed by atoms with Crippen molar-refractivity contribution in [2.24, 2.45) is 5.73 Å². The van der Waals surface area contributed by atoms with Crippen LogP contribution in [0.5, 0.6) is 0 Å². The van der Waals surface area contributed by atoms with Gasteiger partial charge in [0.2, 0.25) is 5.91 Å². The Bertz CT molecular complexity index is 895. The first-order chi connectivity index (χ1) is 14.0. The summed E-state index contributed by atoms with van der Waals surface area (Å²) < 4.78 is 5.08. The molecule has 1 aromatic carbocycles. The zero-order chi connectivity index (χ0) is 20.8. The van der Waals surface area contributed by atoms with Crippen LogP contribution in [0, 0.1) is 0 Å². The number of amides is 3. The van der Waals surface area contributed by atoms with Crippen molar-refractivity contribution in [3.05, 3.63) is 52.2 Å². The first kappa shape index (κ1) is 20.5. The maximum Gasteiger partial charge on any atom is 0.338 e. The lowest BCUT2D eigenvalue weighted by Crippen LogP contribution is -2.51. The van der Waals surface area contributed by atoms with E-state index in [-0.39, 0.29) is 11.5 Å². The van der Waals surface area contributed by atoms with Gasteiger partial charge >= 0.3 is 5.97 Å². The van der Waals surface area contributed by atoms with Crippen LogP contribution in [0.25, 0.3) is 0 Å². The van der Waals surface area contributed by atoms with E-state index in [1.165, 1.54) is 28.4 Å². The Hall–Kier alpha value is -3.20. The van der Waals surface area contributed by atoms with Crippen molar-refractivity contribution in [2.45, 2.75) is 25.3 Å². The molecular weight excluding hydrogens is 394 g/mol. The summed E-state index contributed by atoms with van der Waals surface area (Å²) in [5.74, 6) is -1.89. The Morgan fingerprint density at radius 3 is 2.55 bits per heavy atom. The monoisotopic (exact) mass is 415 g/mol. The Kier molecular flexibility index (Phi) is 6.61. The number of esters is 1. The van der Waals surface area contributed by atoms with Crippen LogP contribution in [0.1, 0.15) is 39.3 Å². The van der Waals surface area contributed by atoms with Gasteiger partial charge in [0.1, 0.15) is 6.04 Å². The number of carbonyl (C=O) groups excluding carboxylic acids is 4. The summed E-state index contributed by atoms with van der Waals surface area (Å²) in [6.45, 7) is -0.0396. The molecule has 1 atom stereocenters. The molecule has 1 aromatic heterocycles. The van der Waals surface area contributed by atoms with E-state index in [1.54, 1.807) is 24.3 Å². The molecule has 9 heteroatoms. The molecule has 2 aromatic rings. The van der Waals surface area contributed by atoms with Gasteiger partial charge < -0.3 is 20.7 Å². The van der Waals surface area contributed by atoms with E-state index in [0.29, 0.717) is 23.5 Å². The van der Waals surface area contributed by atoms with Crippen LogP contribution >= 0.6 is 11.3 Å². The smallest absolute Gasteiger partial charge is 0.338 e. The topological polar surface area (TPSA) is 119 Å². The molecule has 1 saturated heterocycles. The van der Waals surface area contributed by atoms with Gasteiger partial charge in [-0.2, -0.15) is 0 Å². The molecule has 29 heavy (non-hydrogen) atoms. The molecule has 3 amide bonds. The summed E-state index contributed by atoms with van der Waals surface area (Å²) in [4.78, 5) is 50.0. The minimum absolute atomic E-state index is 0.230. The van der Waals surface area contributed by atoms with Crippen LogP contribution in [0.2, 0.25) is 0 Å². The maximum absolute atomic E-state index is 12.3. The molecule has 0 aliphatic carbocycles. The van der Waals surface area contributed by atoms with Gasteiger partial charge in [-0.15, -0.1) is 11.3 Å². The highest BCUT2D eigenvalue weighted by Gasteiger charge is 2.31. The minimum atomic E-state index is -0.665. The largest absolute Gasteiger partial charge is 0.452 e. The number of nitrogens with zero attached hydrogens (tertiary/aromatic N) is 1. The number of primary amides is 1. The van der Waals surface area contributed by atoms with E-state index in [1.807, 2.05) is 5.38 Å². The van der Waals surface area contributed by atoms with Gasteiger partial charge in [-0.3, -0.25) is 14.4 Å². The quantitative estimate of drug-likeness (QED) is 0.700. The molecule has 3 N–H and O–H groups in total. The Morgan fingerprint density at radius 1 is 1.14 bits per heavy atom. The van der Waals surface area contributed by atoms with Crippen LogP contribution in [0.4, 0.5) is 5.69 Å².